The van der Waals surface area contributed by atoms with Gasteiger partial charge in [-0.15, -0.1) is 0 Å². The second-order valence-corrected chi connectivity index (χ2v) is 7.77. The van der Waals surface area contributed by atoms with Crippen LogP contribution in [0.15, 0.2) is 53.1 Å². The first-order chi connectivity index (χ1) is 12.3. The molecule has 1 N–H and O–H groups in total. The van der Waals surface area contributed by atoms with Crippen LogP contribution in [0.4, 0.5) is 0 Å². The number of nitrogens with zero attached hydrogens (tertiary/aromatic N) is 1. The van der Waals surface area contributed by atoms with E-state index in [0.29, 0.717) is 7.48 Å². The molecule has 5 heteroatoms. The fourth-order valence-electron chi connectivity index (χ4n) is 3.02. The normalized spacial score (nSPS) is 13.0. The molecule has 0 atom stereocenters. The Labute approximate surface area is 153 Å². The van der Waals surface area contributed by atoms with E-state index in [4.69, 9.17) is 9.07 Å². The summed E-state index contributed by atoms with van der Waals surface area (Å²) in [5.41, 5.74) is 1.68. The predicted octanol–water partition coefficient (Wildman–Crippen LogP) is 3.68. The number of pyridine rings is 1. The van der Waals surface area contributed by atoms with Crippen LogP contribution in [0.3, 0.4) is 0 Å². The predicted molar refractivity (Wildman–Crippen MR) is 107 cm³/mol. The fraction of sp³-hybridized carbons (Fsp3) is 0.286. The van der Waals surface area contributed by atoms with Crippen LogP contribution in [0.2, 0.25) is 0 Å². The zero-order chi connectivity index (χ0) is 18.5. The number of hydrogen-bond acceptors (Lipinski definition) is 4. The molecule has 2 heterocycles. The maximum Gasteiger partial charge on any atom is 0.313 e. The van der Waals surface area contributed by atoms with Gasteiger partial charge >= 0.3 is 7.48 Å². The van der Waals surface area contributed by atoms with Crippen molar-refractivity contribution in [1.29, 1.82) is 0 Å². The van der Waals surface area contributed by atoms with Gasteiger partial charge in [-0.25, -0.2) is 0 Å². The lowest BCUT2D eigenvalue weighted by Gasteiger charge is -2.37. The molecule has 4 rings (SSSR count). The molecule has 26 heavy (non-hydrogen) atoms. The minimum Gasteiger partial charge on any atom is -0.455 e. The first-order valence-corrected chi connectivity index (χ1v) is 8.82. The molecule has 0 saturated heterocycles. The molecule has 0 saturated carbocycles. The largest absolute Gasteiger partial charge is 0.455 e. The first kappa shape index (κ1) is 17.1. The Morgan fingerprint density at radius 2 is 1.81 bits per heavy atom. The summed E-state index contributed by atoms with van der Waals surface area (Å²) >= 11 is 0. The highest BCUT2D eigenvalue weighted by Crippen LogP contribution is 2.32. The maximum atomic E-state index is 10.3. The topological polar surface area (TPSA) is 55.5 Å². The van der Waals surface area contributed by atoms with Crippen molar-refractivity contribution < 1.29 is 14.2 Å². The Bertz CT molecular complexity index is 1110. The lowest BCUT2D eigenvalue weighted by Crippen LogP contribution is -2.49. The van der Waals surface area contributed by atoms with Crippen LogP contribution in [-0.4, -0.2) is 28.8 Å². The van der Waals surface area contributed by atoms with Crippen LogP contribution in [0.1, 0.15) is 27.7 Å². The lowest BCUT2D eigenvalue weighted by atomic mass is 9.82. The van der Waals surface area contributed by atoms with E-state index in [0.717, 1.165) is 38.3 Å². The summed E-state index contributed by atoms with van der Waals surface area (Å²) in [6, 6.07) is 14.2. The third-order valence-electron chi connectivity index (χ3n) is 5.39. The van der Waals surface area contributed by atoms with Crippen molar-refractivity contribution in [3.8, 4) is 0 Å². The van der Waals surface area contributed by atoms with E-state index >= 15 is 0 Å². The summed E-state index contributed by atoms with van der Waals surface area (Å²) in [5.74, 6) is 0. The second kappa shape index (κ2) is 5.83. The molecule has 0 unspecified atom stereocenters. The number of aliphatic hydroxyl groups is 1. The number of aromatic nitrogens is 1. The molecule has 0 radical (unpaired) electrons. The average molecular weight is 347 g/mol. The number of fused-ring (bicyclic) bond motifs is 5. The highest BCUT2D eigenvalue weighted by Gasteiger charge is 2.36. The molecule has 0 spiro atoms. The standard InChI is InChI=1S/C21H22BNO3/c1-20(2,24)21(3,4)26-22-15-11-12-23-18-17-14-8-6-5-7-13(14)9-10-16(17)25-19(15)18/h5-12,22,24H,1-4H3. The van der Waals surface area contributed by atoms with E-state index in [9.17, 15) is 5.11 Å². The molecule has 0 amide bonds. The highest BCUT2D eigenvalue weighted by molar-refractivity contribution is 6.51. The van der Waals surface area contributed by atoms with Gasteiger partial charge in [0.05, 0.1) is 16.6 Å². The third-order valence-corrected chi connectivity index (χ3v) is 5.39. The summed E-state index contributed by atoms with van der Waals surface area (Å²) in [4.78, 5) is 4.57. The average Bonchev–Trinajstić information content (AvgIpc) is 2.98. The molecule has 2 aromatic heterocycles. The van der Waals surface area contributed by atoms with Crippen LogP contribution in [0.5, 0.6) is 0 Å². The van der Waals surface area contributed by atoms with E-state index in [1.807, 2.05) is 38.1 Å². The van der Waals surface area contributed by atoms with Crippen molar-refractivity contribution in [3.05, 3.63) is 48.7 Å². The zero-order valence-corrected chi connectivity index (χ0v) is 15.5. The molecule has 4 aromatic rings. The summed E-state index contributed by atoms with van der Waals surface area (Å²) in [6.07, 6.45) is 1.79. The van der Waals surface area contributed by atoms with Crippen molar-refractivity contribution in [2.24, 2.45) is 0 Å². The lowest BCUT2D eigenvalue weighted by molar-refractivity contribution is -0.0893. The van der Waals surface area contributed by atoms with Gasteiger partial charge in [-0.1, -0.05) is 30.3 Å². The van der Waals surface area contributed by atoms with E-state index in [2.05, 4.69) is 23.2 Å². The van der Waals surface area contributed by atoms with Crippen LogP contribution in [0.25, 0.3) is 32.8 Å². The number of hydrogen-bond donors (Lipinski definition) is 1. The molecule has 0 aliphatic rings. The van der Waals surface area contributed by atoms with Gasteiger partial charge in [0.25, 0.3) is 0 Å². The van der Waals surface area contributed by atoms with Crippen molar-refractivity contribution in [2.45, 2.75) is 38.9 Å². The Morgan fingerprint density at radius 1 is 1.04 bits per heavy atom. The molecule has 0 aliphatic carbocycles. The molecule has 2 aromatic carbocycles. The zero-order valence-electron chi connectivity index (χ0n) is 15.5. The van der Waals surface area contributed by atoms with Crippen molar-refractivity contribution in [1.82, 2.24) is 4.98 Å². The van der Waals surface area contributed by atoms with Crippen LogP contribution < -0.4 is 5.46 Å². The monoisotopic (exact) mass is 347 g/mol. The van der Waals surface area contributed by atoms with Gasteiger partial charge in [0.2, 0.25) is 0 Å². The van der Waals surface area contributed by atoms with Gasteiger partial charge < -0.3 is 14.2 Å². The molecule has 0 aliphatic heterocycles. The summed E-state index contributed by atoms with van der Waals surface area (Å²) in [5, 5.41) is 13.6. The Kier molecular flexibility index (Phi) is 3.83. The maximum absolute atomic E-state index is 10.3. The molecular formula is C21H22BNO3. The smallest absolute Gasteiger partial charge is 0.313 e. The number of benzene rings is 2. The quantitative estimate of drug-likeness (QED) is 0.572. The highest BCUT2D eigenvalue weighted by atomic mass is 16.5. The molecule has 4 nitrogen and oxygen atoms in total. The van der Waals surface area contributed by atoms with Gasteiger partial charge in [-0.3, -0.25) is 4.98 Å². The van der Waals surface area contributed by atoms with E-state index < -0.39 is 11.2 Å². The fourth-order valence-corrected chi connectivity index (χ4v) is 3.02. The Hall–Kier alpha value is -2.37. The van der Waals surface area contributed by atoms with E-state index in [1.165, 1.54) is 0 Å². The summed E-state index contributed by atoms with van der Waals surface area (Å²) in [6.45, 7) is 7.28. The minimum atomic E-state index is -0.955. The molecule has 0 bridgehead atoms. The number of furan rings is 1. The van der Waals surface area contributed by atoms with Crippen LogP contribution in [-0.2, 0) is 4.65 Å². The van der Waals surface area contributed by atoms with Crippen molar-refractivity contribution >= 4 is 45.8 Å². The van der Waals surface area contributed by atoms with Gasteiger partial charge in [-0.2, -0.15) is 0 Å². The van der Waals surface area contributed by atoms with E-state index in [-0.39, 0.29) is 0 Å². The molecule has 132 valence electrons. The van der Waals surface area contributed by atoms with Gasteiger partial charge in [-0.05, 0) is 56.1 Å². The Morgan fingerprint density at radius 3 is 2.58 bits per heavy atom. The second-order valence-electron chi connectivity index (χ2n) is 7.77. The van der Waals surface area contributed by atoms with Gasteiger partial charge in [0.15, 0.2) is 5.58 Å². The van der Waals surface area contributed by atoms with Gasteiger partial charge in [0.1, 0.15) is 11.1 Å². The SMILES string of the molecule is CC(C)(O)C(C)(C)OBc1ccnc2c1oc1ccc3ccccc3c12. The molecular weight excluding hydrogens is 325 g/mol. The van der Waals surface area contributed by atoms with Crippen molar-refractivity contribution in [3.63, 3.8) is 0 Å². The molecule has 0 fully saturated rings. The van der Waals surface area contributed by atoms with Gasteiger partial charge in [0, 0.05) is 6.20 Å². The minimum absolute atomic E-state index is 0.341. The first-order valence-electron chi connectivity index (χ1n) is 8.82. The van der Waals surface area contributed by atoms with E-state index in [1.54, 1.807) is 20.0 Å². The number of rotatable bonds is 4. The Balaban J connectivity index is 1.84. The van der Waals surface area contributed by atoms with Crippen LogP contribution >= 0.6 is 0 Å². The van der Waals surface area contributed by atoms with Crippen LogP contribution in [0, 0.1) is 0 Å². The summed E-state index contributed by atoms with van der Waals surface area (Å²) < 4.78 is 12.2. The van der Waals surface area contributed by atoms with Crippen molar-refractivity contribution in [2.75, 3.05) is 0 Å². The third kappa shape index (κ3) is 2.68. The summed E-state index contributed by atoms with van der Waals surface area (Å²) in [7, 11) is 0.341.